The third kappa shape index (κ3) is 3.64. The molecule has 3 heterocycles. The van der Waals surface area contributed by atoms with Gasteiger partial charge < -0.3 is 5.84 Å². The molecule has 0 saturated heterocycles. The van der Waals surface area contributed by atoms with Crippen LogP contribution in [0.1, 0.15) is 67.5 Å². The maximum atomic E-state index is 11.5. The van der Waals surface area contributed by atoms with Crippen LogP contribution in [0.4, 0.5) is 0 Å². The molecule has 0 atom stereocenters. The number of carbonyl (C=O) groups excluding carboxylic acids is 1. The van der Waals surface area contributed by atoms with E-state index in [4.69, 9.17) is 11.3 Å². The molecule has 1 aliphatic rings. The Labute approximate surface area is 173 Å². The Balaban J connectivity index is 1.73. The van der Waals surface area contributed by atoms with E-state index in [1.165, 1.54) is 4.68 Å². The monoisotopic (exact) mass is 410 g/mol. The zero-order chi connectivity index (χ0) is 20.7. The quantitative estimate of drug-likeness (QED) is 0.567. The van der Waals surface area contributed by atoms with Crippen LogP contribution in [-0.4, -0.2) is 25.6 Å². The number of Topliss-reactive ketones (excluding diaryl/α,β-unsaturated/α-hetero) is 1. The van der Waals surface area contributed by atoms with E-state index in [2.05, 4.69) is 29.0 Å². The molecule has 1 aliphatic carbocycles. The van der Waals surface area contributed by atoms with E-state index in [0.717, 1.165) is 50.8 Å². The second-order valence-electron chi connectivity index (χ2n) is 8.06. The molecule has 0 aliphatic heterocycles. The molecule has 152 valence electrons. The number of pyridine rings is 1. The maximum Gasteiger partial charge on any atom is 0.146 e. The Hall–Kier alpha value is -2.74. The number of nitrogens with one attached hydrogen (secondary N) is 2. The van der Waals surface area contributed by atoms with Crippen molar-refractivity contribution < 1.29 is 4.79 Å². The van der Waals surface area contributed by atoms with E-state index < -0.39 is 0 Å². The second-order valence-corrected chi connectivity index (χ2v) is 9.12. The molecule has 0 amide bonds. The number of thiazole rings is 1. The third-order valence-corrected chi connectivity index (χ3v) is 6.78. The van der Waals surface area contributed by atoms with Gasteiger partial charge in [0.25, 0.3) is 0 Å². The molecule has 0 aromatic carbocycles. The van der Waals surface area contributed by atoms with Gasteiger partial charge in [-0.1, -0.05) is 13.8 Å². The van der Waals surface area contributed by atoms with Crippen molar-refractivity contribution >= 4 is 17.1 Å². The highest BCUT2D eigenvalue weighted by Gasteiger charge is 2.25. The van der Waals surface area contributed by atoms with Gasteiger partial charge in [0, 0.05) is 42.3 Å². The summed E-state index contributed by atoms with van der Waals surface area (Å²) < 4.78 is 1.33. The SMILES string of the molecule is Cc1cc(-c2n[nH]c(-c3cnc(C4CCC(=O)CC4)s3)c2C(C)C)cn(N)c1=N. The summed E-state index contributed by atoms with van der Waals surface area (Å²) in [5.74, 6) is 6.95. The molecule has 4 rings (SSSR count). The normalized spacial score (nSPS) is 15.4. The first kappa shape index (κ1) is 19.6. The number of aromatic amines is 1. The second kappa shape index (κ2) is 7.59. The largest absolute Gasteiger partial charge is 0.338 e. The number of hydrogen-bond acceptors (Lipinski definition) is 6. The summed E-state index contributed by atoms with van der Waals surface area (Å²) in [6, 6.07) is 1.95. The molecule has 29 heavy (non-hydrogen) atoms. The number of nitrogens with two attached hydrogens (primary N) is 1. The lowest BCUT2D eigenvalue weighted by atomic mass is 9.89. The fraction of sp³-hybridized carbons (Fsp3) is 0.429. The fourth-order valence-electron chi connectivity index (χ4n) is 3.99. The van der Waals surface area contributed by atoms with Crippen molar-refractivity contribution in [1.82, 2.24) is 19.9 Å². The van der Waals surface area contributed by atoms with Crippen LogP contribution in [0.3, 0.4) is 0 Å². The average molecular weight is 411 g/mol. The maximum absolute atomic E-state index is 11.5. The molecule has 0 radical (unpaired) electrons. The van der Waals surface area contributed by atoms with Crippen LogP contribution < -0.4 is 11.3 Å². The number of hydrogen-bond donors (Lipinski definition) is 3. The zero-order valence-electron chi connectivity index (χ0n) is 17.0. The number of H-pyrrole nitrogens is 1. The van der Waals surface area contributed by atoms with Crippen LogP contribution in [0.2, 0.25) is 0 Å². The average Bonchev–Trinajstić information content (AvgIpc) is 3.33. The summed E-state index contributed by atoms with van der Waals surface area (Å²) in [7, 11) is 0. The molecule has 0 unspecified atom stereocenters. The van der Waals surface area contributed by atoms with Crippen LogP contribution in [-0.2, 0) is 4.79 Å². The Morgan fingerprint density at radius 3 is 2.72 bits per heavy atom. The van der Waals surface area contributed by atoms with Gasteiger partial charge in [-0.2, -0.15) is 5.10 Å². The van der Waals surface area contributed by atoms with E-state index in [9.17, 15) is 4.79 Å². The lowest BCUT2D eigenvalue weighted by Crippen LogP contribution is -2.28. The van der Waals surface area contributed by atoms with Gasteiger partial charge in [0.15, 0.2) is 0 Å². The van der Waals surface area contributed by atoms with Gasteiger partial charge in [-0.15, -0.1) is 11.3 Å². The molecule has 3 aromatic heterocycles. The van der Waals surface area contributed by atoms with Gasteiger partial charge in [-0.25, -0.2) is 4.98 Å². The van der Waals surface area contributed by atoms with Gasteiger partial charge in [0.1, 0.15) is 11.3 Å². The summed E-state index contributed by atoms with van der Waals surface area (Å²) in [5, 5.41) is 16.9. The smallest absolute Gasteiger partial charge is 0.146 e. The summed E-state index contributed by atoms with van der Waals surface area (Å²) >= 11 is 1.69. The van der Waals surface area contributed by atoms with Crippen molar-refractivity contribution in [2.75, 3.05) is 5.84 Å². The van der Waals surface area contributed by atoms with E-state index in [0.29, 0.717) is 24.5 Å². The molecule has 7 nitrogen and oxygen atoms in total. The lowest BCUT2D eigenvalue weighted by Gasteiger charge is -2.18. The van der Waals surface area contributed by atoms with Gasteiger partial charge in [0.05, 0.1) is 21.3 Å². The van der Waals surface area contributed by atoms with E-state index in [1.54, 1.807) is 17.5 Å². The predicted molar refractivity (Wildman–Crippen MR) is 114 cm³/mol. The highest BCUT2D eigenvalue weighted by atomic mass is 32.1. The summed E-state index contributed by atoms with van der Waals surface area (Å²) in [6.07, 6.45) is 6.78. The topological polar surface area (TPSA) is 113 Å². The minimum Gasteiger partial charge on any atom is -0.338 e. The van der Waals surface area contributed by atoms with Crippen LogP contribution in [0, 0.1) is 12.3 Å². The Bertz CT molecular complexity index is 1090. The van der Waals surface area contributed by atoms with Crippen molar-refractivity contribution in [2.24, 2.45) is 0 Å². The molecular formula is C21H26N6OS. The standard InChI is InChI=1S/C21H26N6OS/c1-11(2)17-18(14-8-12(3)20(22)27(23)10-14)25-26-19(17)16-9-24-21(29-16)13-4-6-15(28)7-5-13/h8-11,13,22H,4-7,23H2,1-3H3,(H,25,26). The lowest BCUT2D eigenvalue weighted by molar-refractivity contribution is -0.120. The van der Waals surface area contributed by atoms with Crippen molar-refractivity contribution in [3.05, 3.63) is 40.1 Å². The summed E-state index contributed by atoms with van der Waals surface area (Å²) in [6.45, 7) is 6.17. The summed E-state index contributed by atoms with van der Waals surface area (Å²) in [5.41, 5.74) is 4.95. The van der Waals surface area contributed by atoms with Gasteiger partial charge in [0.2, 0.25) is 0 Å². The molecule has 1 saturated carbocycles. The van der Waals surface area contributed by atoms with Crippen molar-refractivity contribution in [2.45, 2.75) is 58.3 Å². The number of ketones is 1. The number of aromatic nitrogens is 4. The highest BCUT2D eigenvalue weighted by molar-refractivity contribution is 7.15. The van der Waals surface area contributed by atoms with Crippen LogP contribution in [0.5, 0.6) is 0 Å². The first-order valence-corrected chi connectivity index (χ1v) is 10.8. The summed E-state index contributed by atoms with van der Waals surface area (Å²) in [4.78, 5) is 17.3. The predicted octanol–water partition coefficient (Wildman–Crippen LogP) is 3.85. The van der Waals surface area contributed by atoms with Crippen molar-refractivity contribution in [1.29, 1.82) is 5.41 Å². The van der Waals surface area contributed by atoms with E-state index >= 15 is 0 Å². The van der Waals surface area contributed by atoms with Gasteiger partial charge >= 0.3 is 0 Å². The molecular weight excluding hydrogens is 384 g/mol. The van der Waals surface area contributed by atoms with Crippen LogP contribution >= 0.6 is 11.3 Å². The molecule has 3 aromatic rings. The fourth-order valence-corrected chi connectivity index (χ4v) is 5.08. The molecule has 8 heteroatoms. The van der Waals surface area contributed by atoms with Crippen LogP contribution in [0.25, 0.3) is 21.8 Å². The van der Waals surface area contributed by atoms with Gasteiger partial charge in [-0.3, -0.25) is 20.0 Å². The number of nitrogen functional groups attached to an aromatic ring is 1. The Morgan fingerprint density at radius 1 is 1.34 bits per heavy atom. The first-order chi connectivity index (χ1) is 13.8. The van der Waals surface area contributed by atoms with E-state index in [-0.39, 0.29) is 11.4 Å². The van der Waals surface area contributed by atoms with Crippen molar-refractivity contribution in [3.8, 4) is 21.8 Å². The zero-order valence-corrected chi connectivity index (χ0v) is 17.8. The van der Waals surface area contributed by atoms with Crippen molar-refractivity contribution in [3.63, 3.8) is 0 Å². The number of rotatable bonds is 4. The molecule has 1 fully saturated rings. The number of aryl methyl sites for hydroxylation is 1. The van der Waals surface area contributed by atoms with Crippen LogP contribution in [0.15, 0.2) is 18.5 Å². The molecule has 0 spiro atoms. The Morgan fingerprint density at radius 2 is 2.07 bits per heavy atom. The minimum absolute atomic E-state index is 0.249. The molecule has 0 bridgehead atoms. The third-order valence-electron chi connectivity index (χ3n) is 5.60. The highest BCUT2D eigenvalue weighted by Crippen LogP contribution is 2.40. The number of carbonyl (C=O) groups is 1. The first-order valence-electron chi connectivity index (χ1n) is 9.94. The number of nitrogens with zero attached hydrogens (tertiary/aromatic N) is 3. The Kier molecular flexibility index (Phi) is 5.12. The molecule has 4 N–H and O–H groups in total. The van der Waals surface area contributed by atoms with Gasteiger partial charge in [-0.05, 0) is 37.3 Å². The minimum atomic E-state index is 0.249. The van der Waals surface area contributed by atoms with E-state index in [1.807, 2.05) is 19.2 Å².